The third-order valence-corrected chi connectivity index (χ3v) is 4.23. The number of aliphatic hydroxyl groups excluding tert-OH is 1. The van der Waals surface area contributed by atoms with Crippen molar-refractivity contribution in [2.24, 2.45) is 0 Å². The zero-order chi connectivity index (χ0) is 16.5. The van der Waals surface area contributed by atoms with Crippen LogP contribution in [-0.2, 0) is 0 Å². The normalized spacial score (nSPS) is 12.4. The van der Waals surface area contributed by atoms with Gasteiger partial charge in [-0.3, -0.25) is 9.97 Å². The van der Waals surface area contributed by atoms with Crippen molar-refractivity contribution in [3.05, 3.63) is 83.4 Å². The van der Waals surface area contributed by atoms with Crippen molar-refractivity contribution in [2.75, 3.05) is 0 Å². The summed E-state index contributed by atoms with van der Waals surface area (Å²) in [4.78, 5) is 11.8. The zero-order valence-corrected chi connectivity index (χ0v) is 13.4. The molecule has 0 aliphatic carbocycles. The second-order valence-electron chi connectivity index (χ2n) is 5.50. The molecular weight excluding hydrogens is 322 g/mol. The average molecular weight is 336 g/mol. The Balaban J connectivity index is 1.98. The number of hydrogen-bond acceptors (Lipinski definition) is 3. The lowest BCUT2D eigenvalue weighted by molar-refractivity contribution is 0.217. The van der Waals surface area contributed by atoms with Gasteiger partial charge in [0.2, 0.25) is 0 Å². The first-order chi connectivity index (χ1) is 11.7. The van der Waals surface area contributed by atoms with Crippen LogP contribution < -0.4 is 0 Å². The second-order valence-corrected chi connectivity index (χ2v) is 5.94. The first kappa shape index (κ1) is 14.9. The van der Waals surface area contributed by atoms with Crippen LogP contribution in [-0.4, -0.2) is 20.1 Å². The molecule has 24 heavy (non-hydrogen) atoms. The molecular formula is C19H14ClN3O. The largest absolute Gasteiger partial charge is 0.382 e. The molecule has 0 aliphatic heterocycles. The van der Waals surface area contributed by atoms with Gasteiger partial charge in [-0.2, -0.15) is 0 Å². The smallest absolute Gasteiger partial charge is 0.124 e. The monoisotopic (exact) mass is 335 g/mol. The van der Waals surface area contributed by atoms with Gasteiger partial charge in [0.05, 0.1) is 11.4 Å². The third-order valence-electron chi connectivity index (χ3n) is 3.99. The Bertz CT molecular complexity index is 984. The molecule has 0 aliphatic rings. The van der Waals surface area contributed by atoms with E-state index >= 15 is 0 Å². The minimum absolute atomic E-state index is 0.596. The van der Waals surface area contributed by atoms with E-state index in [2.05, 4.69) is 15.0 Å². The topological polar surface area (TPSA) is 61.8 Å². The van der Waals surface area contributed by atoms with Gasteiger partial charge >= 0.3 is 0 Å². The van der Waals surface area contributed by atoms with E-state index in [0.717, 1.165) is 27.7 Å². The van der Waals surface area contributed by atoms with Crippen LogP contribution in [0, 0.1) is 0 Å². The molecule has 1 aromatic carbocycles. The van der Waals surface area contributed by atoms with Crippen molar-refractivity contribution >= 4 is 22.5 Å². The average Bonchev–Trinajstić information content (AvgIpc) is 3.01. The van der Waals surface area contributed by atoms with E-state index < -0.39 is 6.10 Å². The lowest BCUT2D eigenvalue weighted by Crippen LogP contribution is -2.03. The van der Waals surface area contributed by atoms with Gasteiger partial charge in [0.25, 0.3) is 0 Å². The SMILES string of the molecule is OC(c1ccccn1)c1c(-c2cccnc2)[nH]c2cc(Cl)ccc12. The summed E-state index contributed by atoms with van der Waals surface area (Å²) in [7, 11) is 0. The molecule has 2 N–H and O–H groups in total. The highest BCUT2D eigenvalue weighted by Gasteiger charge is 2.22. The fraction of sp³-hybridized carbons (Fsp3) is 0.0526. The van der Waals surface area contributed by atoms with Gasteiger partial charge in [0, 0.05) is 45.6 Å². The number of hydrogen-bond donors (Lipinski definition) is 2. The van der Waals surface area contributed by atoms with Gasteiger partial charge in [-0.25, -0.2) is 0 Å². The maximum absolute atomic E-state index is 11.0. The molecule has 0 radical (unpaired) electrons. The fourth-order valence-corrected chi connectivity index (χ4v) is 3.07. The number of aromatic nitrogens is 3. The van der Waals surface area contributed by atoms with Crippen LogP contribution in [0.25, 0.3) is 22.2 Å². The number of fused-ring (bicyclic) bond motifs is 1. The molecule has 0 bridgehead atoms. The van der Waals surface area contributed by atoms with Gasteiger partial charge in [-0.15, -0.1) is 0 Å². The molecule has 4 aromatic rings. The summed E-state index contributed by atoms with van der Waals surface area (Å²) < 4.78 is 0. The zero-order valence-electron chi connectivity index (χ0n) is 12.6. The molecule has 0 amide bonds. The number of aromatic amines is 1. The van der Waals surface area contributed by atoms with Crippen LogP contribution in [0.5, 0.6) is 0 Å². The summed E-state index contributed by atoms with van der Waals surface area (Å²) in [5.74, 6) is 0. The quantitative estimate of drug-likeness (QED) is 0.584. The highest BCUT2D eigenvalue weighted by Crippen LogP contribution is 2.37. The highest BCUT2D eigenvalue weighted by molar-refractivity contribution is 6.31. The molecule has 3 heterocycles. The number of H-pyrrole nitrogens is 1. The van der Waals surface area contributed by atoms with E-state index in [0.29, 0.717) is 10.7 Å². The molecule has 3 aromatic heterocycles. The third kappa shape index (κ3) is 2.56. The minimum atomic E-state index is -0.851. The van der Waals surface area contributed by atoms with Gasteiger partial charge in [0.1, 0.15) is 6.10 Å². The van der Waals surface area contributed by atoms with Crippen molar-refractivity contribution in [1.82, 2.24) is 15.0 Å². The Hall–Kier alpha value is -2.69. The Kier molecular flexibility index (Phi) is 3.76. The minimum Gasteiger partial charge on any atom is -0.382 e. The molecule has 118 valence electrons. The summed E-state index contributed by atoms with van der Waals surface area (Å²) >= 11 is 6.12. The van der Waals surface area contributed by atoms with Crippen molar-refractivity contribution in [3.63, 3.8) is 0 Å². The molecule has 0 spiro atoms. The molecule has 4 rings (SSSR count). The number of rotatable bonds is 3. The van der Waals surface area contributed by atoms with Gasteiger partial charge < -0.3 is 10.1 Å². The molecule has 1 atom stereocenters. The summed E-state index contributed by atoms with van der Waals surface area (Å²) in [6.07, 6.45) is 4.31. The maximum Gasteiger partial charge on any atom is 0.124 e. The van der Waals surface area contributed by atoms with E-state index in [1.165, 1.54) is 0 Å². The number of benzene rings is 1. The van der Waals surface area contributed by atoms with Crippen LogP contribution in [0.15, 0.2) is 67.1 Å². The Labute approximate surface area is 143 Å². The lowest BCUT2D eigenvalue weighted by atomic mass is 9.99. The predicted octanol–water partition coefficient (Wildman–Crippen LogP) is 4.36. The molecule has 0 saturated carbocycles. The molecule has 4 nitrogen and oxygen atoms in total. The summed E-state index contributed by atoms with van der Waals surface area (Å²) in [6, 6.07) is 14.9. The highest BCUT2D eigenvalue weighted by atomic mass is 35.5. The molecule has 0 saturated heterocycles. The number of aliphatic hydroxyl groups is 1. The van der Waals surface area contributed by atoms with Gasteiger partial charge in [0.15, 0.2) is 0 Å². The van der Waals surface area contributed by atoms with Crippen LogP contribution in [0.3, 0.4) is 0 Å². The van der Waals surface area contributed by atoms with E-state index in [1.54, 1.807) is 18.6 Å². The van der Waals surface area contributed by atoms with Crippen LogP contribution in [0.4, 0.5) is 0 Å². The van der Waals surface area contributed by atoms with Crippen molar-refractivity contribution in [3.8, 4) is 11.3 Å². The summed E-state index contributed by atoms with van der Waals surface area (Å²) in [5.41, 5.74) is 3.95. The summed E-state index contributed by atoms with van der Waals surface area (Å²) in [6.45, 7) is 0. The Morgan fingerprint density at radius 2 is 1.96 bits per heavy atom. The fourth-order valence-electron chi connectivity index (χ4n) is 2.90. The van der Waals surface area contributed by atoms with Crippen molar-refractivity contribution in [2.45, 2.75) is 6.10 Å². The van der Waals surface area contributed by atoms with E-state index in [4.69, 9.17) is 11.6 Å². The number of pyridine rings is 2. The van der Waals surface area contributed by atoms with E-state index in [9.17, 15) is 5.11 Å². The van der Waals surface area contributed by atoms with E-state index in [-0.39, 0.29) is 0 Å². The lowest BCUT2D eigenvalue weighted by Gasteiger charge is -2.12. The number of nitrogens with one attached hydrogen (secondary N) is 1. The van der Waals surface area contributed by atoms with Crippen molar-refractivity contribution in [1.29, 1.82) is 0 Å². The second kappa shape index (κ2) is 6.07. The molecule has 0 fully saturated rings. The van der Waals surface area contributed by atoms with E-state index in [1.807, 2.05) is 48.5 Å². The maximum atomic E-state index is 11.0. The van der Waals surface area contributed by atoms with Crippen LogP contribution >= 0.6 is 11.6 Å². The Morgan fingerprint density at radius 1 is 1.04 bits per heavy atom. The summed E-state index contributed by atoms with van der Waals surface area (Å²) in [5, 5.41) is 12.5. The Morgan fingerprint density at radius 3 is 2.71 bits per heavy atom. The van der Waals surface area contributed by atoms with Crippen LogP contribution in [0.1, 0.15) is 17.4 Å². The standard InChI is InChI=1S/C19H14ClN3O/c20-13-6-7-14-16(10-13)23-18(12-4-3-8-21-11-12)17(14)19(24)15-5-1-2-9-22-15/h1-11,19,23-24H. The molecule has 1 unspecified atom stereocenters. The number of nitrogens with zero attached hydrogens (tertiary/aromatic N) is 2. The first-order valence-corrected chi connectivity index (χ1v) is 7.92. The predicted molar refractivity (Wildman–Crippen MR) is 94.8 cm³/mol. The van der Waals surface area contributed by atoms with Gasteiger partial charge in [-0.05, 0) is 36.4 Å². The number of halogens is 1. The molecule has 5 heteroatoms. The van der Waals surface area contributed by atoms with Gasteiger partial charge in [-0.1, -0.05) is 23.7 Å². The van der Waals surface area contributed by atoms with Crippen LogP contribution in [0.2, 0.25) is 5.02 Å². The first-order valence-electron chi connectivity index (χ1n) is 7.54. The van der Waals surface area contributed by atoms with Crippen molar-refractivity contribution < 1.29 is 5.11 Å².